The van der Waals surface area contributed by atoms with Gasteiger partial charge in [0.05, 0.1) is 10.0 Å². The first-order valence-electron chi connectivity index (χ1n) is 6.40. The van der Waals surface area contributed by atoms with Crippen molar-refractivity contribution in [1.82, 2.24) is 0 Å². The summed E-state index contributed by atoms with van der Waals surface area (Å²) in [4.78, 5) is 12.4. The molecular weight excluding hydrogens is 291 g/mol. The van der Waals surface area contributed by atoms with Crippen molar-refractivity contribution in [1.29, 1.82) is 0 Å². The normalized spacial score (nSPS) is 11.4. The number of carbonyl (C=O) groups excluding carboxylic acids is 1. The summed E-state index contributed by atoms with van der Waals surface area (Å²) in [7, 11) is 0. The molecule has 0 atom stereocenters. The number of hydrogen-bond donors (Lipinski definition) is 0. The molecule has 0 aliphatic rings. The van der Waals surface area contributed by atoms with Crippen molar-refractivity contribution in [2.45, 2.75) is 26.2 Å². The van der Waals surface area contributed by atoms with Gasteiger partial charge in [-0.3, -0.25) is 4.79 Å². The van der Waals surface area contributed by atoms with Crippen LogP contribution in [0.4, 0.5) is 0 Å². The largest absolute Gasteiger partial charge is 0.289 e. The molecular formula is C17H16Cl2O. The maximum Gasteiger partial charge on any atom is 0.194 e. The Bertz CT molecular complexity index is 637. The first-order valence-corrected chi connectivity index (χ1v) is 7.15. The SMILES string of the molecule is CC(C)(C)c1ccc(C(=O)c2cccc(Cl)c2Cl)cc1. The van der Waals surface area contributed by atoms with E-state index in [-0.39, 0.29) is 11.2 Å². The summed E-state index contributed by atoms with van der Waals surface area (Å²) in [6, 6.07) is 12.7. The van der Waals surface area contributed by atoms with Gasteiger partial charge in [-0.25, -0.2) is 0 Å². The molecule has 0 fully saturated rings. The maximum atomic E-state index is 12.4. The fourth-order valence-electron chi connectivity index (χ4n) is 1.96. The van der Waals surface area contributed by atoms with E-state index in [0.717, 1.165) is 0 Å². The second kappa shape index (κ2) is 5.59. The predicted octanol–water partition coefficient (Wildman–Crippen LogP) is 5.52. The maximum absolute atomic E-state index is 12.4. The van der Waals surface area contributed by atoms with Crippen molar-refractivity contribution in [3.8, 4) is 0 Å². The lowest BCUT2D eigenvalue weighted by atomic mass is 9.86. The summed E-state index contributed by atoms with van der Waals surface area (Å²) >= 11 is 12.0. The second-order valence-electron chi connectivity index (χ2n) is 5.76. The van der Waals surface area contributed by atoms with E-state index in [0.29, 0.717) is 21.2 Å². The van der Waals surface area contributed by atoms with Crippen molar-refractivity contribution in [2.24, 2.45) is 0 Å². The van der Waals surface area contributed by atoms with Crippen LogP contribution < -0.4 is 0 Å². The molecule has 0 bridgehead atoms. The molecule has 0 N–H and O–H groups in total. The molecule has 0 heterocycles. The summed E-state index contributed by atoms with van der Waals surface area (Å²) in [5.41, 5.74) is 2.30. The average Bonchev–Trinajstić information content (AvgIpc) is 2.40. The monoisotopic (exact) mass is 306 g/mol. The Kier molecular flexibility index (Phi) is 4.22. The highest BCUT2D eigenvalue weighted by Crippen LogP contribution is 2.28. The van der Waals surface area contributed by atoms with Crippen molar-refractivity contribution in [3.05, 3.63) is 69.2 Å². The zero-order valence-electron chi connectivity index (χ0n) is 11.7. The zero-order valence-corrected chi connectivity index (χ0v) is 13.2. The average molecular weight is 307 g/mol. The van der Waals surface area contributed by atoms with Crippen LogP contribution in [0.5, 0.6) is 0 Å². The van der Waals surface area contributed by atoms with Crippen molar-refractivity contribution in [2.75, 3.05) is 0 Å². The Hall–Kier alpha value is -1.31. The lowest BCUT2D eigenvalue weighted by Gasteiger charge is -2.19. The van der Waals surface area contributed by atoms with Gasteiger partial charge in [-0.15, -0.1) is 0 Å². The third-order valence-electron chi connectivity index (χ3n) is 3.21. The molecule has 0 unspecified atom stereocenters. The lowest BCUT2D eigenvalue weighted by molar-refractivity contribution is 0.103. The van der Waals surface area contributed by atoms with Crippen LogP contribution in [-0.4, -0.2) is 5.78 Å². The van der Waals surface area contributed by atoms with Crippen LogP contribution in [-0.2, 0) is 5.41 Å². The minimum atomic E-state index is -0.113. The quantitative estimate of drug-likeness (QED) is 0.667. The minimum absolute atomic E-state index is 0.0648. The van der Waals surface area contributed by atoms with E-state index in [1.165, 1.54) is 5.56 Å². The van der Waals surface area contributed by atoms with Crippen LogP contribution in [0.15, 0.2) is 42.5 Å². The molecule has 3 heteroatoms. The van der Waals surface area contributed by atoms with E-state index < -0.39 is 0 Å². The van der Waals surface area contributed by atoms with E-state index in [9.17, 15) is 4.79 Å². The topological polar surface area (TPSA) is 17.1 Å². The van der Waals surface area contributed by atoms with Gasteiger partial charge >= 0.3 is 0 Å². The number of benzene rings is 2. The number of halogens is 2. The zero-order chi connectivity index (χ0) is 14.9. The molecule has 0 saturated carbocycles. The fourth-order valence-corrected chi connectivity index (χ4v) is 2.34. The molecule has 0 amide bonds. The van der Waals surface area contributed by atoms with Crippen LogP contribution in [0.2, 0.25) is 10.0 Å². The van der Waals surface area contributed by atoms with Crippen molar-refractivity contribution < 1.29 is 4.79 Å². The van der Waals surface area contributed by atoms with Crippen LogP contribution >= 0.6 is 23.2 Å². The molecule has 104 valence electrons. The first-order chi connectivity index (χ1) is 9.30. The molecule has 0 aromatic heterocycles. The Balaban J connectivity index is 2.37. The van der Waals surface area contributed by atoms with Gasteiger partial charge in [-0.1, -0.05) is 74.3 Å². The van der Waals surface area contributed by atoms with Gasteiger partial charge in [0.1, 0.15) is 0 Å². The summed E-state index contributed by atoms with van der Waals surface area (Å²) in [5, 5.41) is 0.697. The summed E-state index contributed by atoms with van der Waals surface area (Å²) in [6.07, 6.45) is 0. The molecule has 2 rings (SSSR count). The Morgan fingerprint density at radius 3 is 2.10 bits per heavy atom. The Morgan fingerprint density at radius 1 is 0.950 bits per heavy atom. The molecule has 0 aliphatic carbocycles. The van der Waals surface area contributed by atoms with Crippen LogP contribution in [0.25, 0.3) is 0 Å². The number of carbonyl (C=O) groups is 1. The summed E-state index contributed by atoms with van der Waals surface area (Å²) in [5.74, 6) is -0.113. The molecule has 0 aliphatic heterocycles. The number of ketones is 1. The lowest BCUT2D eigenvalue weighted by Crippen LogP contribution is -2.11. The van der Waals surface area contributed by atoms with Gasteiger partial charge in [-0.2, -0.15) is 0 Å². The highest BCUT2D eigenvalue weighted by atomic mass is 35.5. The summed E-state index contributed by atoms with van der Waals surface area (Å²) < 4.78 is 0. The van der Waals surface area contributed by atoms with Crippen LogP contribution in [0.3, 0.4) is 0 Å². The van der Waals surface area contributed by atoms with Crippen LogP contribution in [0, 0.1) is 0 Å². The van der Waals surface area contributed by atoms with E-state index in [1.807, 2.05) is 24.3 Å². The van der Waals surface area contributed by atoms with E-state index >= 15 is 0 Å². The van der Waals surface area contributed by atoms with Gasteiger partial charge in [0.2, 0.25) is 0 Å². The predicted molar refractivity (Wildman–Crippen MR) is 85.0 cm³/mol. The second-order valence-corrected chi connectivity index (χ2v) is 6.54. The first kappa shape index (κ1) is 15.1. The standard InChI is InChI=1S/C17H16Cl2O/c1-17(2,3)12-9-7-11(8-10-12)16(20)13-5-4-6-14(18)15(13)19/h4-10H,1-3H3. The molecule has 2 aromatic rings. The third kappa shape index (κ3) is 3.05. The van der Waals surface area contributed by atoms with Crippen molar-refractivity contribution in [3.63, 3.8) is 0 Å². The fraction of sp³-hybridized carbons (Fsp3) is 0.235. The Labute approximate surface area is 129 Å². The van der Waals surface area contributed by atoms with Crippen molar-refractivity contribution >= 4 is 29.0 Å². The molecule has 0 saturated heterocycles. The highest BCUT2D eigenvalue weighted by molar-refractivity contribution is 6.44. The van der Waals surface area contributed by atoms with E-state index in [2.05, 4.69) is 20.8 Å². The number of rotatable bonds is 2. The van der Waals surface area contributed by atoms with Gasteiger partial charge in [-0.05, 0) is 23.1 Å². The molecule has 20 heavy (non-hydrogen) atoms. The summed E-state index contributed by atoms with van der Waals surface area (Å²) in [6.45, 7) is 6.41. The number of hydrogen-bond acceptors (Lipinski definition) is 1. The van der Waals surface area contributed by atoms with Gasteiger partial charge < -0.3 is 0 Å². The van der Waals surface area contributed by atoms with E-state index in [4.69, 9.17) is 23.2 Å². The molecule has 1 nitrogen and oxygen atoms in total. The molecule has 2 aromatic carbocycles. The third-order valence-corrected chi connectivity index (χ3v) is 4.03. The van der Waals surface area contributed by atoms with Gasteiger partial charge in [0.25, 0.3) is 0 Å². The Morgan fingerprint density at radius 2 is 1.55 bits per heavy atom. The van der Waals surface area contributed by atoms with Crippen LogP contribution in [0.1, 0.15) is 42.3 Å². The molecule has 0 spiro atoms. The smallest absolute Gasteiger partial charge is 0.194 e. The van der Waals surface area contributed by atoms with E-state index in [1.54, 1.807) is 18.2 Å². The van der Waals surface area contributed by atoms with Gasteiger partial charge in [0.15, 0.2) is 5.78 Å². The highest BCUT2D eigenvalue weighted by Gasteiger charge is 2.17. The van der Waals surface area contributed by atoms with Gasteiger partial charge in [0, 0.05) is 11.1 Å². The molecule has 0 radical (unpaired) electrons. The minimum Gasteiger partial charge on any atom is -0.289 e.